The van der Waals surface area contributed by atoms with Crippen molar-refractivity contribution in [1.82, 2.24) is 4.90 Å². The van der Waals surface area contributed by atoms with Crippen LogP contribution >= 0.6 is 0 Å². The van der Waals surface area contributed by atoms with E-state index in [4.69, 9.17) is 5.11 Å². The first-order valence-electron chi connectivity index (χ1n) is 4.51. The second-order valence-corrected chi connectivity index (χ2v) is 3.65. The van der Waals surface area contributed by atoms with E-state index >= 15 is 0 Å². The SMILES string of the molecule is O=C(O)[C@@H]1CN(C(=O)C(F)(F)F)C[C@H]1C(F)F. The molecule has 1 aliphatic rings. The topological polar surface area (TPSA) is 57.6 Å². The molecule has 1 fully saturated rings. The number of rotatable bonds is 2. The van der Waals surface area contributed by atoms with Gasteiger partial charge < -0.3 is 10.0 Å². The van der Waals surface area contributed by atoms with Crippen LogP contribution in [0, 0.1) is 11.8 Å². The summed E-state index contributed by atoms with van der Waals surface area (Å²) >= 11 is 0. The third-order valence-corrected chi connectivity index (χ3v) is 2.54. The zero-order valence-corrected chi connectivity index (χ0v) is 8.25. The van der Waals surface area contributed by atoms with Gasteiger partial charge in [0.05, 0.1) is 11.8 Å². The molecule has 1 N–H and O–H groups in total. The molecule has 0 radical (unpaired) electrons. The zero-order chi connectivity index (χ0) is 13.4. The maximum absolute atomic E-state index is 12.4. The number of hydrogen-bond acceptors (Lipinski definition) is 2. The van der Waals surface area contributed by atoms with Gasteiger partial charge in [-0.25, -0.2) is 8.78 Å². The summed E-state index contributed by atoms with van der Waals surface area (Å²) in [5.41, 5.74) is 0. The lowest BCUT2D eigenvalue weighted by molar-refractivity contribution is -0.184. The Kier molecular flexibility index (Phi) is 3.58. The predicted octanol–water partition coefficient (Wildman–Crippen LogP) is 0.973. The van der Waals surface area contributed by atoms with Gasteiger partial charge in [-0.05, 0) is 0 Å². The summed E-state index contributed by atoms with van der Waals surface area (Å²) in [5, 5.41) is 8.58. The van der Waals surface area contributed by atoms with Gasteiger partial charge in [0.2, 0.25) is 6.43 Å². The lowest BCUT2D eigenvalue weighted by Crippen LogP contribution is -2.40. The van der Waals surface area contributed by atoms with Crippen molar-refractivity contribution in [2.75, 3.05) is 13.1 Å². The van der Waals surface area contributed by atoms with Crippen molar-refractivity contribution in [2.24, 2.45) is 11.8 Å². The Balaban J connectivity index is 2.83. The summed E-state index contributed by atoms with van der Waals surface area (Å²) in [6.45, 7) is -1.74. The van der Waals surface area contributed by atoms with E-state index in [9.17, 15) is 31.5 Å². The number of alkyl halides is 5. The largest absolute Gasteiger partial charge is 0.481 e. The van der Waals surface area contributed by atoms with E-state index in [1.54, 1.807) is 0 Å². The molecular weight excluding hydrogens is 253 g/mol. The molecule has 17 heavy (non-hydrogen) atoms. The molecule has 0 aliphatic carbocycles. The molecule has 0 aromatic rings. The Morgan fingerprint density at radius 2 is 1.76 bits per heavy atom. The minimum atomic E-state index is -5.18. The van der Waals surface area contributed by atoms with Crippen LogP contribution in [0.4, 0.5) is 22.0 Å². The minimum Gasteiger partial charge on any atom is -0.481 e. The molecule has 1 amide bonds. The number of amides is 1. The average molecular weight is 261 g/mol. The third-order valence-electron chi connectivity index (χ3n) is 2.54. The van der Waals surface area contributed by atoms with Gasteiger partial charge >= 0.3 is 18.1 Å². The quantitative estimate of drug-likeness (QED) is 0.753. The number of likely N-dealkylation sites (tertiary alicyclic amines) is 1. The molecule has 0 saturated carbocycles. The Labute approximate surface area is 92.0 Å². The van der Waals surface area contributed by atoms with Gasteiger partial charge in [-0.3, -0.25) is 9.59 Å². The number of halogens is 5. The highest BCUT2D eigenvalue weighted by Gasteiger charge is 2.50. The van der Waals surface area contributed by atoms with Crippen LogP contribution in [0.5, 0.6) is 0 Å². The molecule has 0 bridgehead atoms. The summed E-state index contributed by atoms with van der Waals surface area (Å²) in [7, 11) is 0. The lowest BCUT2D eigenvalue weighted by atomic mass is 9.97. The normalized spacial score (nSPS) is 25.4. The fraction of sp³-hybridized carbons (Fsp3) is 0.750. The van der Waals surface area contributed by atoms with Gasteiger partial charge in [-0.15, -0.1) is 0 Å². The highest BCUT2D eigenvalue weighted by Crippen LogP contribution is 2.31. The van der Waals surface area contributed by atoms with E-state index in [1.807, 2.05) is 0 Å². The molecule has 0 aromatic heterocycles. The molecule has 1 rings (SSSR count). The molecule has 1 saturated heterocycles. The van der Waals surface area contributed by atoms with Crippen LogP contribution in [-0.4, -0.2) is 47.6 Å². The number of nitrogens with zero attached hydrogens (tertiary/aromatic N) is 1. The molecule has 98 valence electrons. The van der Waals surface area contributed by atoms with E-state index < -0.39 is 49.4 Å². The summed E-state index contributed by atoms with van der Waals surface area (Å²) in [4.78, 5) is 21.5. The maximum Gasteiger partial charge on any atom is 0.471 e. The number of hydrogen-bond donors (Lipinski definition) is 1. The molecule has 2 atom stereocenters. The van der Waals surface area contributed by atoms with E-state index in [1.165, 1.54) is 0 Å². The first-order chi connectivity index (χ1) is 7.64. The number of carbonyl (C=O) groups excluding carboxylic acids is 1. The van der Waals surface area contributed by atoms with E-state index in [-0.39, 0.29) is 4.90 Å². The van der Waals surface area contributed by atoms with Gasteiger partial charge in [0.15, 0.2) is 0 Å². The smallest absolute Gasteiger partial charge is 0.471 e. The monoisotopic (exact) mass is 261 g/mol. The van der Waals surface area contributed by atoms with Gasteiger partial charge in [0.1, 0.15) is 0 Å². The van der Waals surface area contributed by atoms with Gasteiger partial charge in [-0.1, -0.05) is 0 Å². The summed E-state index contributed by atoms with van der Waals surface area (Å²) < 4.78 is 60.9. The van der Waals surface area contributed by atoms with Crippen LogP contribution in [0.2, 0.25) is 0 Å². The van der Waals surface area contributed by atoms with Gasteiger partial charge in [-0.2, -0.15) is 13.2 Å². The average Bonchev–Trinajstić information content (AvgIpc) is 2.59. The number of aliphatic carboxylic acids is 1. The number of carboxylic acids is 1. The van der Waals surface area contributed by atoms with Crippen LogP contribution in [0.3, 0.4) is 0 Å². The number of carbonyl (C=O) groups is 2. The molecule has 4 nitrogen and oxygen atoms in total. The van der Waals surface area contributed by atoms with E-state index in [0.29, 0.717) is 0 Å². The van der Waals surface area contributed by atoms with E-state index in [2.05, 4.69) is 0 Å². The predicted molar refractivity (Wildman–Crippen MR) is 43.3 cm³/mol. The molecule has 1 aliphatic heterocycles. The lowest BCUT2D eigenvalue weighted by Gasteiger charge is -2.17. The molecule has 0 spiro atoms. The van der Waals surface area contributed by atoms with Crippen LogP contribution < -0.4 is 0 Å². The van der Waals surface area contributed by atoms with Crippen molar-refractivity contribution in [3.63, 3.8) is 0 Å². The standard InChI is InChI=1S/C8H8F5NO3/c9-5(10)3-1-14(2-4(3)6(15)16)7(17)8(11,12)13/h3-5H,1-2H2,(H,15,16)/t3-,4-/m1/s1. The Morgan fingerprint density at radius 1 is 1.24 bits per heavy atom. The summed E-state index contributed by atoms with van der Waals surface area (Å²) in [6, 6.07) is 0. The Morgan fingerprint density at radius 3 is 2.06 bits per heavy atom. The van der Waals surface area contributed by atoms with Gasteiger partial charge in [0, 0.05) is 13.1 Å². The minimum absolute atomic E-state index is 0.107. The zero-order valence-electron chi connectivity index (χ0n) is 8.25. The fourth-order valence-electron chi connectivity index (χ4n) is 1.69. The maximum atomic E-state index is 12.4. The summed E-state index contributed by atoms with van der Waals surface area (Å²) in [5.74, 6) is -7.35. The van der Waals surface area contributed by atoms with E-state index in [0.717, 1.165) is 0 Å². The van der Waals surface area contributed by atoms with Gasteiger partial charge in [0.25, 0.3) is 0 Å². The van der Waals surface area contributed by atoms with Crippen LogP contribution in [-0.2, 0) is 9.59 Å². The summed E-state index contributed by atoms with van der Waals surface area (Å²) in [6.07, 6.45) is -8.26. The third kappa shape index (κ3) is 2.83. The van der Waals surface area contributed by atoms with Crippen LogP contribution in [0.25, 0.3) is 0 Å². The first kappa shape index (κ1) is 13.7. The molecule has 9 heteroatoms. The van der Waals surface area contributed by atoms with Crippen LogP contribution in [0.15, 0.2) is 0 Å². The molecule has 0 unspecified atom stereocenters. The van der Waals surface area contributed by atoms with Crippen molar-refractivity contribution >= 4 is 11.9 Å². The molecule has 0 aromatic carbocycles. The highest BCUT2D eigenvalue weighted by molar-refractivity contribution is 5.83. The fourth-order valence-corrected chi connectivity index (χ4v) is 1.69. The van der Waals surface area contributed by atoms with Crippen molar-refractivity contribution in [3.05, 3.63) is 0 Å². The van der Waals surface area contributed by atoms with Crippen molar-refractivity contribution in [2.45, 2.75) is 12.6 Å². The second kappa shape index (κ2) is 4.46. The molecular formula is C8H8F5NO3. The molecule has 1 heterocycles. The Hall–Kier alpha value is -1.41. The number of carboxylic acid groups (broad SMARTS) is 1. The first-order valence-corrected chi connectivity index (χ1v) is 4.51. The highest BCUT2D eigenvalue weighted by atomic mass is 19.4. The Bertz CT molecular complexity index is 330. The van der Waals surface area contributed by atoms with Crippen molar-refractivity contribution in [1.29, 1.82) is 0 Å². The second-order valence-electron chi connectivity index (χ2n) is 3.65. The van der Waals surface area contributed by atoms with Crippen LogP contribution in [0.1, 0.15) is 0 Å². The van der Waals surface area contributed by atoms with Crippen molar-refractivity contribution < 1.29 is 36.6 Å². The van der Waals surface area contributed by atoms with Crippen molar-refractivity contribution in [3.8, 4) is 0 Å².